The van der Waals surface area contributed by atoms with Crippen molar-refractivity contribution < 1.29 is 9.53 Å². The number of ether oxygens (including phenoxy) is 1. The molecule has 0 N–H and O–H groups in total. The van der Waals surface area contributed by atoms with Crippen LogP contribution in [0.2, 0.25) is 4.34 Å². The van der Waals surface area contributed by atoms with E-state index in [-0.39, 0.29) is 5.91 Å². The summed E-state index contributed by atoms with van der Waals surface area (Å²) in [6.45, 7) is 3.35. The van der Waals surface area contributed by atoms with E-state index in [4.69, 9.17) is 16.3 Å². The smallest absolute Gasteiger partial charge is 0.264 e. The largest absolute Gasteiger partial charge is 0.497 e. The number of piperazine rings is 1. The Labute approximate surface area is 156 Å². The number of carbonyl (C=O) groups is 1. The zero-order chi connectivity index (χ0) is 17.4. The second kappa shape index (κ2) is 6.98. The fraction of sp³-hybridized carbons (Fsp3) is 0.421. The van der Waals surface area contributed by atoms with E-state index in [1.165, 1.54) is 22.5 Å². The highest BCUT2D eigenvalue weighted by Gasteiger charge is 2.32. The van der Waals surface area contributed by atoms with E-state index in [9.17, 15) is 4.79 Å². The first-order chi connectivity index (χ1) is 12.2. The number of carbonyl (C=O) groups excluding carboxylic acids is 1. The Bertz CT molecular complexity index is 783. The Balaban J connectivity index is 1.42. The minimum Gasteiger partial charge on any atom is -0.497 e. The predicted molar refractivity (Wildman–Crippen MR) is 101 cm³/mol. The molecule has 2 aliphatic rings. The van der Waals surface area contributed by atoms with Gasteiger partial charge >= 0.3 is 0 Å². The third kappa shape index (κ3) is 3.28. The van der Waals surface area contributed by atoms with Crippen LogP contribution in [-0.4, -0.2) is 49.0 Å². The van der Waals surface area contributed by atoms with Crippen LogP contribution in [-0.2, 0) is 6.42 Å². The van der Waals surface area contributed by atoms with E-state index in [2.05, 4.69) is 17.0 Å². The monoisotopic (exact) mass is 376 g/mol. The quantitative estimate of drug-likeness (QED) is 0.815. The average molecular weight is 377 g/mol. The van der Waals surface area contributed by atoms with Crippen molar-refractivity contribution in [3.63, 3.8) is 0 Å². The number of thiophene rings is 1. The first-order valence-electron chi connectivity index (χ1n) is 8.61. The number of nitrogens with zero attached hydrogens (tertiary/aromatic N) is 2. The Morgan fingerprint density at radius 1 is 1.20 bits per heavy atom. The van der Waals surface area contributed by atoms with Crippen molar-refractivity contribution in [3.8, 4) is 5.75 Å². The van der Waals surface area contributed by atoms with Crippen molar-refractivity contribution in [2.45, 2.75) is 18.9 Å². The highest BCUT2D eigenvalue weighted by atomic mass is 35.5. The second-order valence-corrected chi connectivity index (χ2v) is 8.27. The Kier molecular flexibility index (Phi) is 4.71. The summed E-state index contributed by atoms with van der Waals surface area (Å²) in [7, 11) is 1.72. The van der Waals surface area contributed by atoms with Crippen molar-refractivity contribution in [2.24, 2.45) is 0 Å². The molecule has 132 valence electrons. The van der Waals surface area contributed by atoms with Crippen LogP contribution in [0.25, 0.3) is 0 Å². The van der Waals surface area contributed by atoms with Gasteiger partial charge in [0.15, 0.2) is 0 Å². The first kappa shape index (κ1) is 16.9. The fourth-order valence-electron chi connectivity index (χ4n) is 3.89. The van der Waals surface area contributed by atoms with Gasteiger partial charge in [-0.2, -0.15) is 0 Å². The van der Waals surface area contributed by atoms with Gasteiger partial charge in [0.05, 0.1) is 16.3 Å². The zero-order valence-electron chi connectivity index (χ0n) is 14.2. The van der Waals surface area contributed by atoms with Crippen molar-refractivity contribution in [1.82, 2.24) is 9.80 Å². The molecule has 1 saturated heterocycles. The summed E-state index contributed by atoms with van der Waals surface area (Å²) in [6, 6.07) is 10.5. The van der Waals surface area contributed by atoms with E-state index < -0.39 is 0 Å². The molecule has 25 heavy (non-hydrogen) atoms. The van der Waals surface area contributed by atoms with Crippen LogP contribution in [0.3, 0.4) is 0 Å². The van der Waals surface area contributed by atoms with Gasteiger partial charge in [-0.3, -0.25) is 9.69 Å². The van der Waals surface area contributed by atoms with Gasteiger partial charge < -0.3 is 9.64 Å². The van der Waals surface area contributed by atoms with Crippen LogP contribution in [0.4, 0.5) is 0 Å². The van der Waals surface area contributed by atoms with Crippen LogP contribution in [0.5, 0.6) is 5.75 Å². The van der Waals surface area contributed by atoms with E-state index >= 15 is 0 Å². The summed E-state index contributed by atoms with van der Waals surface area (Å²) in [5.41, 5.74) is 2.82. The van der Waals surface area contributed by atoms with Gasteiger partial charge in [0, 0.05) is 32.2 Å². The maximum atomic E-state index is 12.6. The summed E-state index contributed by atoms with van der Waals surface area (Å²) >= 11 is 7.31. The number of amides is 1. The van der Waals surface area contributed by atoms with Gasteiger partial charge in [-0.1, -0.05) is 17.7 Å². The summed E-state index contributed by atoms with van der Waals surface area (Å²) in [4.78, 5) is 17.8. The first-order valence-corrected chi connectivity index (χ1v) is 9.80. The summed E-state index contributed by atoms with van der Waals surface area (Å²) in [5.74, 6) is 1.03. The minimum atomic E-state index is 0.102. The maximum Gasteiger partial charge on any atom is 0.264 e. The van der Waals surface area contributed by atoms with Crippen molar-refractivity contribution >= 4 is 28.8 Å². The topological polar surface area (TPSA) is 32.8 Å². The van der Waals surface area contributed by atoms with Crippen molar-refractivity contribution in [3.05, 3.63) is 50.7 Å². The molecule has 1 amide bonds. The van der Waals surface area contributed by atoms with Gasteiger partial charge in [-0.15, -0.1) is 11.3 Å². The van der Waals surface area contributed by atoms with Crippen molar-refractivity contribution in [1.29, 1.82) is 0 Å². The van der Waals surface area contributed by atoms with Gasteiger partial charge in [0.2, 0.25) is 0 Å². The molecule has 2 aromatic rings. The summed E-state index contributed by atoms with van der Waals surface area (Å²) in [5, 5.41) is 0. The van der Waals surface area contributed by atoms with E-state index in [1.54, 1.807) is 13.2 Å². The molecule has 0 radical (unpaired) electrons. The van der Waals surface area contributed by atoms with Gasteiger partial charge in [-0.05, 0) is 48.2 Å². The average Bonchev–Trinajstić information content (AvgIpc) is 3.27. The summed E-state index contributed by atoms with van der Waals surface area (Å²) in [6.07, 6.45) is 2.27. The number of rotatable bonds is 3. The second-order valence-electron chi connectivity index (χ2n) is 6.55. The van der Waals surface area contributed by atoms with Crippen LogP contribution in [0.15, 0.2) is 30.3 Å². The number of hydrogen-bond acceptors (Lipinski definition) is 4. The molecule has 0 saturated carbocycles. The highest BCUT2D eigenvalue weighted by Crippen LogP contribution is 2.38. The number of aryl methyl sites for hydroxylation is 1. The minimum absolute atomic E-state index is 0.102. The SMILES string of the molecule is COc1ccc2c(c1)C(N1CCN(C(=O)c3ccc(Cl)s3)CC1)CC2. The van der Waals surface area contributed by atoms with E-state index in [1.807, 2.05) is 17.0 Å². The molecule has 4 rings (SSSR count). The number of benzene rings is 1. The van der Waals surface area contributed by atoms with Crippen LogP contribution >= 0.6 is 22.9 Å². The Morgan fingerprint density at radius 2 is 2.00 bits per heavy atom. The lowest BCUT2D eigenvalue weighted by Gasteiger charge is -2.38. The van der Waals surface area contributed by atoms with Crippen LogP contribution in [0, 0.1) is 0 Å². The molecule has 1 fully saturated rings. The molecule has 1 aliphatic carbocycles. The Morgan fingerprint density at radius 3 is 2.68 bits per heavy atom. The number of halogens is 1. The lowest BCUT2D eigenvalue weighted by atomic mass is 10.1. The molecule has 4 nitrogen and oxygen atoms in total. The molecule has 1 atom stereocenters. The molecular formula is C19H21ClN2O2S. The molecule has 0 bridgehead atoms. The molecule has 2 heterocycles. The normalized spacial score (nSPS) is 20.6. The van der Waals surface area contributed by atoms with E-state index in [0.29, 0.717) is 10.4 Å². The van der Waals surface area contributed by atoms with Gasteiger partial charge in [0.1, 0.15) is 5.75 Å². The van der Waals surface area contributed by atoms with Crippen LogP contribution < -0.4 is 4.74 Å². The summed E-state index contributed by atoms with van der Waals surface area (Å²) < 4.78 is 6.06. The standard InChI is InChI=1S/C19H21ClN2O2S/c1-24-14-4-2-13-3-5-16(15(13)12-14)21-8-10-22(11-9-21)19(23)17-6-7-18(20)25-17/h2,4,6-7,12,16H,3,5,8-11H2,1H3. The molecule has 1 aromatic carbocycles. The maximum absolute atomic E-state index is 12.6. The molecule has 1 unspecified atom stereocenters. The Hall–Kier alpha value is -1.56. The number of hydrogen-bond donors (Lipinski definition) is 0. The number of methoxy groups -OCH3 is 1. The third-order valence-corrected chi connectivity index (χ3v) is 6.44. The highest BCUT2D eigenvalue weighted by molar-refractivity contribution is 7.17. The lowest BCUT2D eigenvalue weighted by molar-refractivity contribution is 0.0572. The lowest BCUT2D eigenvalue weighted by Crippen LogP contribution is -2.49. The van der Waals surface area contributed by atoms with Crippen LogP contribution in [0.1, 0.15) is 33.3 Å². The molecule has 1 aromatic heterocycles. The zero-order valence-corrected chi connectivity index (χ0v) is 15.8. The third-order valence-electron chi connectivity index (χ3n) is 5.23. The molecule has 0 spiro atoms. The van der Waals surface area contributed by atoms with Gasteiger partial charge in [-0.25, -0.2) is 0 Å². The number of fused-ring (bicyclic) bond motifs is 1. The molecular weight excluding hydrogens is 356 g/mol. The van der Waals surface area contributed by atoms with E-state index in [0.717, 1.165) is 49.6 Å². The van der Waals surface area contributed by atoms with Gasteiger partial charge in [0.25, 0.3) is 5.91 Å². The predicted octanol–water partition coefficient (Wildman–Crippen LogP) is 3.86. The van der Waals surface area contributed by atoms with Crippen molar-refractivity contribution in [2.75, 3.05) is 33.3 Å². The molecule has 1 aliphatic heterocycles. The molecule has 6 heteroatoms. The fourth-order valence-corrected chi connectivity index (χ4v) is 4.90.